The van der Waals surface area contributed by atoms with Gasteiger partial charge in [-0.25, -0.2) is 0 Å². The van der Waals surface area contributed by atoms with Crippen LogP contribution in [0.25, 0.3) is 0 Å². The normalized spacial score (nSPS) is 30.4. The molecule has 1 rings (SSSR count). The van der Waals surface area contributed by atoms with Crippen molar-refractivity contribution in [1.82, 2.24) is 0 Å². The first-order chi connectivity index (χ1) is 3.93. The van der Waals surface area contributed by atoms with Crippen molar-refractivity contribution in [2.45, 2.75) is 27.1 Å². The molecule has 1 aliphatic rings. The summed E-state index contributed by atoms with van der Waals surface area (Å²) >= 11 is -0.392. The van der Waals surface area contributed by atoms with Gasteiger partial charge in [0, 0.05) is 0 Å². The number of halogens is 1. The Kier molecular flexibility index (Phi) is 3.23. The summed E-state index contributed by atoms with van der Waals surface area (Å²) in [7, 11) is 0. The Hall–Kier alpha value is 0.786. The van der Waals surface area contributed by atoms with Gasteiger partial charge in [0.1, 0.15) is 0 Å². The van der Waals surface area contributed by atoms with Gasteiger partial charge in [0.15, 0.2) is 0 Å². The minimum atomic E-state index is -0.392. The molecule has 3 heteroatoms. The third kappa shape index (κ3) is 1.95. The summed E-state index contributed by atoms with van der Waals surface area (Å²) in [6, 6.07) is 0. The topological polar surface area (TPSA) is 9.23 Å². The molecule has 1 nitrogen and oxygen atoms in total. The Morgan fingerprint density at radius 3 is 2.75 bits per heavy atom. The Morgan fingerprint density at radius 2 is 2.38 bits per heavy atom. The predicted octanol–water partition coefficient (Wildman–Crippen LogP) is 1.52. The second-order valence-corrected chi connectivity index (χ2v) is 6.81. The summed E-state index contributed by atoms with van der Waals surface area (Å²) in [6.45, 7) is 0. The molecule has 1 heterocycles. The van der Waals surface area contributed by atoms with Crippen LogP contribution in [0.1, 0.15) is 19.3 Å². The van der Waals surface area contributed by atoms with Crippen LogP contribution in [0, 0.1) is 0 Å². The van der Waals surface area contributed by atoms with Crippen LogP contribution in [0.4, 0.5) is 4.53 Å². The fourth-order valence-corrected chi connectivity index (χ4v) is 4.74. The molecular formula is C5H9FOPo. The molecule has 1 atom stereocenters. The van der Waals surface area contributed by atoms with Gasteiger partial charge in [-0.05, 0) is 0 Å². The third-order valence-electron chi connectivity index (χ3n) is 1.24. The van der Waals surface area contributed by atoms with E-state index in [1.54, 1.807) is 0 Å². The molecule has 0 amide bonds. The third-order valence-corrected chi connectivity index (χ3v) is 5.92. The maximum absolute atomic E-state index is 11.4. The van der Waals surface area contributed by atoms with Crippen LogP contribution < -0.4 is 0 Å². The summed E-state index contributed by atoms with van der Waals surface area (Å²) in [5.74, 6) is 0. The molecule has 0 bridgehead atoms. The monoisotopic (exact) mass is 313 g/mol. The quantitative estimate of drug-likeness (QED) is 0.713. The molecule has 1 aliphatic heterocycles. The van der Waals surface area contributed by atoms with Gasteiger partial charge in [0.2, 0.25) is 0 Å². The fourth-order valence-electron chi connectivity index (χ4n) is 0.781. The molecule has 0 aromatic carbocycles. The molecule has 0 saturated carbocycles. The summed E-state index contributed by atoms with van der Waals surface area (Å²) in [4.78, 5) is 3.77. The van der Waals surface area contributed by atoms with Gasteiger partial charge in [-0.2, -0.15) is 0 Å². The molecule has 1 unspecified atom stereocenters. The van der Waals surface area contributed by atoms with E-state index >= 15 is 0 Å². The molecular weight excluding hydrogens is 304 g/mol. The first-order valence-electron chi connectivity index (χ1n) is 2.82. The van der Waals surface area contributed by atoms with E-state index in [0.29, 0.717) is 0 Å². The molecule has 8 heavy (non-hydrogen) atoms. The first-order valence-corrected chi connectivity index (χ1v) is 6.90. The van der Waals surface area contributed by atoms with Crippen LogP contribution in [0.2, 0.25) is 4.08 Å². The predicted molar refractivity (Wildman–Crippen MR) is 30.4 cm³/mol. The van der Waals surface area contributed by atoms with E-state index < -0.39 is 23.6 Å². The Bertz CT molecular complexity index is 63.4. The average Bonchev–Trinajstić information content (AvgIpc) is 1.90. The minimum absolute atomic E-state index is 0.0868. The van der Waals surface area contributed by atoms with Gasteiger partial charge < -0.3 is 0 Å². The Labute approximate surface area is 60.3 Å². The summed E-state index contributed by atoms with van der Waals surface area (Å²) < 4.78 is 12.8. The van der Waals surface area contributed by atoms with Crippen molar-refractivity contribution < 1.29 is 9.47 Å². The van der Waals surface area contributed by atoms with Crippen LogP contribution in [0.15, 0.2) is 0 Å². The molecule has 0 aromatic heterocycles. The van der Waals surface area contributed by atoms with E-state index in [9.17, 15) is 4.53 Å². The van der Waals surface area contributed by atoms with Crippen LogP contribution in [0.5, 0.6) is 0 Å². The van der Waals surface area contributed by atoms with Crippen LogP contribution in [-0.4, -0.2) is 27.3 Å². The van der Waals surface area contributed by atoms with E-state index in [4.69, 9.17) is 0 Å². The van der Waals surface area contributed by atoms with Crippen molar-refractivity contribution in [2.75, 3.05) is 0 Å². The first kappa shape index (κ1) is 6.90. The Morgan fingerprint density at radius 1 is 1.50 bits per heavy atom. The number of rotatable bonds is 1. The summed E-state index contributed by atoms with van der Waals surface area (Å²) in [5, 5.41) is 0. The zero-order chi connectivity index (χ0) is 5.82. The SMILES string of the molecule is FO[CH]1CCC[CH2][Po]1. The van der Waals surface area contributed by atoms with Crippen molar-refractivity contribution >= 4 is 23.6 Å². The van der Waals surface area contributed by atoms with Gasteiger partial charge in [-0.15, -0.1) is 0 Å². The van der Waals surface area contributed by atoms with Gasteiger partial charge in [-0.1, -0.05) is 0 Å². The van der Waals surface area contributed by atoms with Gasteiger partial charge in [0.25, 0.3) is 0 Å². The number of hydrogen-bond donors (Lipinski definition) is 0. The van der Waals surface area contributed by atoms with E-state index in [1.807, 2.05) is 0 Å². The summed E-state index contributed by atoms with van der Waals surface area (Å²) in [5.41, 5.74) is 0. The zero-order valence-corrected chi connectivity index (χ0v) is 7.77. The van der Waals surface area contributed by atoms with Crippen molar-refractivity contribution in [2.24, 2.45) is 0 Å². The molecule has 1 fully saturated rings. The van der Waals surface area contributed by atoms with E-state index in [2.05, 4.69) is 4.94 Å². The molecule has 0 aromatic rings. The standard InChI is InChI=1S/C5H9FO.Po/c1-2-3-4-5-7-6;/h5H,1-4H2;. The van der Waals surface area contributed by atoms with E-state index in [1.165, 1.54) is 16.9 Å². The van der Waals surface area contributed by atoms with Gasteiger partial charge in [-0.3, -0.25) is 0 Å². The van der Waals surface area contributed by atoms with Crippen molar-refractivity contribution in [1.29, 1.82) is 0 Å². The fraction of sp³-hybridized carbons (Fsp3) is 1.00. The molecule has 1 saturated heterocycles. The summed E-state index contributed by atoms with van der Waals surface area (Å²) in [6.07, 6.45) is 3.49. The average molecular weight is 313 g/mol. The number of hydrogen-bond acceptors (Lipinski definition) is 1. The van der Waals surface area contributed by atoms with Crippen LogP contribution >= 0.6 is 0 Å². The molecule has 48 valence electrons. The molecule has 0 radical (unpaired) electrons. The molecule has 0 N–H and O–H groups in total. The van der Waals surface area contributed by atoms with Crippen molar-refractivity contribution in [3.8, 4) is 0 Å². The zero-order valence-electron chi connectivity index (χ0n) is 4.60. The van der Waals surface area contributed by atoms with Gasteiger partial charge >= 0.3 is 60.1 Å². The van der Waals surface area contributed by atoms with E-state index in [-0.39, 0.29) is 3.76 Å². The molecule has 0 aliphatic carbocycles. The Balaban J connectivity index is 2.13. The molecule has 0 spiro atoms. The van der Waals surface area contributed by atoms with Crippen LogP contribution in [-0.2, 0) is 4.94 Å². The van der Waals surface area contributed by atoms with Crippen LogP contribution in [0.3, 0.4) is 0 Å². The maximum atomic E-state index is 11.4. The second kappa shape index (κ2) is 3.74. The van der Waals surface area contributed by atoms with Crippen molar-refractivity contribution in [3.05, 3.63) is 0 Å². The second-order valence-electron chi connectivity index (χ2n) is 1.89. The van der Waals surface area contributed by atoms with E-state index in [0.717, 1.165) is 6.42 Å². The van der Waals surface area contributed by atoms with Crippen molar-refractivity contribution in [3.63, 3.8) is 0 Å². The van der Waals surface area contributed by atoms with Gasteiger partial charge in [0.05, 0.1) is 0 Å².